The van der Waals surface area contributed by atoms with Gasteiger partial charge in [-0.2, -0.15) is 5.10 Å². The average molecular weight is 416 g/mol. The molecular weight excluding hydrogens is 390 g/mol. The number of amides is 1. The fraction of sp³-hybridized carbons (Fsp3) is 0.348. The van der Waals surface area contributed by atoms with E-state index in [0.717, 1.165) is 46.5 Å². The number of hydrogen-bond donors (Lipinski definition) is 1. The Morgan fingerprint density at radius 3 is 2.71 bits per heavy atom. The van der Waals surface area contributed by atoms with Gasteiger partial charge in [-0.1, -0.05) is 12.8 Å². The Kier molecular flexibility index (Phi) is 4.97. The van der Waals surface area contributed by atoms with Crippen LogP contribution in [0.5, 0.6) is 0 Å². The Bertz CT molecular complexity index is 1250. The van der Waals surface area contributed by atoms with Crippen LogP contribution < -0.4 is 5.32 Å². The fourth-order valence-electron chi connectivity index (χ4n) is 4.47. The minimum absolute atomic E-state index is 0.222. The predicted molar refractivity (Wildman–Crippen MR) is 117 cm³/mol. The molecule has 1 aliphatic carbocycles. The normalized spacial score (nSPS) is 14.4. The molecule has 1 saturated carbocycles. The van der Waals surface area contributed by atoms with E-state index in [2.05, 4.69) is 25.0 Å². The van der Waals surface area contributed by atoms with Gasteiger partial charge in [-0.05, 0) is 36.6 Å². The maximum atomic E-state index is 13.0. The number of pyridine rings is 2. The van der Waals surface area contributed by atoms with Gasteiger partial charge in [0.05, 0.1) is 29.5 Å². The van der Waals surface area contributed by atoms with Crippen LogP contribution in [0.2, 0.25) is 0 Å². The maximum Gasteiger partial charge on any atom is 0.272 e. The third kappa shape index (κ3) is 3.69. The molecule has 1 N–H and O–H groups in total. The van der Waals surface area contributed by atoms with Crippen molar-refractivity contribution in [1.29, 1.82) is 0 Å². The summed E-state index contributed by atoms with van der Waals surface area (Å²) in [5.74, 6) is 1.30. The molecule has 0 aliphatic heterocycles. The minimum Gasteiger partial charge on any atom is -0.345 e. The van der Waals surface area contributed by atoms with Crippen LogP contribution in [-0.2, 0) is 20.6 Å². The summed E-state index contributed by atoms with van der Waals surface area (Å²) in [7, 11) is 3.87. The minimum atomic E-state index is -0.222. The van der Waals surface area contributed by atoms with E-state index < -0.39 is 0 Å². The number of carbonyl (C=O) groups excluding carboxylic acids is 1. The number of nitrogens with zero attached hydrogens (tertiary/aromatic N) is 6. The van der Waals surface area contributed by atoms with Gasteiger partial charge in [-0.15, -0.1) is 0 Å². The van der Waals surface area contributed by atoms with E-state index in [1.807, 2.05) is 44.7 Å². The summed E-state index contributed by atoms with van der Waals surface area (Å²) in [5.41, 5.74) is 4.82. The van der Waals surface area contributed by atoms with E-state index in [0.29, 0.717) is 18.2 Å². The molecule has 1 amide bonds. The first-order chi connectivity index (χ1) is 15.1. The van der Waals surface area contributed by atoms with Crippen molar-refractivity contribution >= 4 is 16.9 Å². The molecule has 0 bridgehead atoms. The van der Waals surface area contributed by atoms with Crippen LogP contribution in [0.25, 0.3) is 22.2 Å². The van der Waals surface area contributed by atoms with Crippen molar-refractivity contribution < 1.29 is 4.79 Å². The van der Waals surface area contributed by atoms with E-state index in [-0.39, 0.29) is 5.91 Å². The Labute approximate surface area is 180 Å². The number of carbonyl (C=O) groups is 1. The van der Waals surface area contributed by atoms with Crippen LogP contribution in [0.15, 0.2) is 43.0 Å². The zero-order valence-corrected chi connectivity index (χ0v) is 17.7. The van der Waals surface area contributed by atoms with Crippen LogP contribution in [0.3, 0.4) is 0 Å². The summed E-state index contributed by atoms with van der Waals surface area (Å²) < 4.78 is 3.81. The highest BCUT2D eigenvalue weighted by Crippen LogP contribution is 2.35. The van der Waals surface area contributed by atoms with Gasteiger partial charge < -0.3 is 9.88 Å². The second-order valence-electron chi connectivity index (χ2n) is 8.16. The summed E-state index contributed by atoms with van der Waals surface area (Å²) in [5, 5.41) is 7.19. The molecule has 0 radical (unpaired) electrons. The lowest BCUT2D eigenvalue weighted by molar-refractivity contribution is 0.0947. The van der Waals surface area contributed by atoms with Gasteiger partial charge in [-0.3, -0.25) is 14.5 Å². The third-order valence-electron chi connectivity index (χ3n) is 6.04. The van der Waals surface area contributed by atoms with Gasteiger partial charge >= 0.3 is 0 Å². The molecule has 1 fully saturated rings. The smallest absolute Gasteiger partial charge is 0.272 e. The van der Waals surface area contributed by atoms with Gasteiger partial charge in [-0.25, -0.2) is 9.97 Å². The topological polar surface area (TPSA) is 90.5 Å². The number of aryl methyl sites for hydroxylation is 2. The second-order valence-corrected chi connectivity index (χ2v) is 8.16. The summed E-state index contributed by atoms with van der Waals surface area (Å²) in [6.45, 7) is 0.318. The first-order valence-electron chi connectivity index (χ1n) is 10.6. The molecule has 8 nitrogen and oxygen atoms in total. The molecule has 4 aromatic heterocycles. The second kappa shape index (κ2) is 7.94. The van der Waals surface area contributed by atoms with Gasteiger partial charge in [0, 0.05) is 44.2 Å². The van der Waals surface area contributed by atoms with Crippen molar-refractivity contribution in [3.05, 3.63) is 60.2 Å². The Balaban J connectivity index is 1.37. The predicted octanol–water partition coefficient (Wildman–Crippen LogP) is 3.35. The van der Waals surface area contributed by atoms with E-state index in [9.17, 15) is 4.79 Å². The van der Waals surface area contributed by atoms with E-state index >= 15 is 0 Å². The standard InChI is InChI=1S/C23H25N7O/c1-29-14-17(12-27-29)16-7-9-24-18(11-16)13-26-23(31)20-21-19(8-10-25-20)28-22(30(21)2)15-5-3-4-6-15/h7-12,14-15H,3-6,13H2,1-2H3,(H,26,31). The van der Waals surface area contributed by atoms with Crippen LogP contribution in [0, 0.1) is 0 Å². The molecule has 158 valence electrons. The van der Waals surface area contributed by atoms with Crippen molar-refractivity contribution in [2.75, 3.05) is 0 Å². The Morgan fingerprint density at radius 2 is 1.94 bits per heavy atom. The van der Waals surface area contributed by atoms with Crippen molar-refractivity contribution in [2.24, 2.45) is 14.1 Å². The Hall–Kier alpha value is -3.55. The van der Waals surface area contributed by atoms with Crippen LogP contribution in [0.1, 0.15) is 53.6 Å². The zero-order valence-electron chi connectivity index (χ0n) is 17.7. The number of nitrogens with one attached hydrogen (secondary N) is 1. The zero-order chi connectivity index (χ0) is 21.4. The lowest BCUT2D eigenvalue weighted by Crippen LogP contribution is -2.25. The lowest BCUT2D eigenvalue weighted by Gasteiger charge is -2.10. The molecule has 4 aromatic rings. The third-order valence-corrected chi connectivity index (χ3v) is 6.04. The number of imidazole rings is 1. The Morgan fingerprint density at radius 1 is 1.13 bits per heavy atom. The first-order valence-corrected chi connectivity index (χ1v) is 10.6. The quantitative estimate of drug-likeness (QED) is 0.540. The molecule has 0 spiro atoms. The molecule has 4 heterocycles. The molecule has 1 aliphatic rings. The van der Waals surface area contributed by atoms with Gasteiger partial charge in [0.15, 0.2) is 5.69 Å². The largest absolute Gasteiger partial charge is 0.345 e. The van der Waals surface area contributed by atoms with Crippen molar-refractivity contribution in [2.45, 2.75) is 38.1 Å². The first kappa shape index (κ1) is 19.4. The van der Waals surface area contributed by atoms with Crippen molar-refractivity contribution in [1.82, 2.24) is 34.6 Å². The molecule has 0 aromatic carbocycles. The number of fused-ring (bicyclic) bond motifs is 1. The summed E-state index contributed by atoms with van der Waals surface area (Å²) in [6.07, 6.45) is 12.0. The number of aromatic nitrogens is 6. The highest BCUT2D eigenvalue weighted by molar-refractivity contribution is 6.03. The summed E-state index contributed by atoms with van der Waals surface area (Å²) >= 11 is 0. The van der Waals surface area contributed by atoms with Crippen LogP contribution >= 0.6 is 0 Å². The molecule has 0 saturated heterocycles. The molecule has 0 unspecified atom stereocenters. The van der Waals surface area contributed by atoms with E-state index in [1.54, 1.807) is 17.1 Å². The fourth-order valence-corrected chi connectivity index (χ4v) is 4.47. The van der Waals surface area contributed by atoms with E-state index in [4.69, 9.17) is 4.98 Å². The SMILES string of the molecule is Cn1cc(-c2ccnc(CNC(=O)c3nccc4nc(C5CCCC5)n(C)c34)c2)cn1. The number of hydrogen-bond acceptors (Lipinski definition) is 5. The van der Waals surface area contributed by atoms with Crippen molar-refractivity contribution in [3.8, 4) is 11.1 Å². The number of rotatable bonds is 5. The molecule has 5 rings (SSSR count). The van der Waals surface area contributed by atoms with Gasteiger partial charge in [0.25, 0.3) is 5.91 Å². The van der Waals surface area contributed by atoms with Crippen LogP contribution in [0.4, 0.5) is 0 Å². The summed E-state index contributed by atoms with van der Waals surface area (Å²) in [4.78, 5) is 26.6. The van der Waals surface area contributed by atoms with Gasteiger partial charge in [0.2, 0.25) is 0 Å². The average Bonchev–Trinajstić information content (AvgIpc) is 3.53. The van der Waals surface area contributed by atoms with Crippen molar-refractivity contribution in [3.63, 3.8) is 0 Å². The van der Waals surface area contributed by atoms with Crippen LogP contribution in [-0.4, -0.2) is 35.2 Å². The van der Waals surface area contributed by atoms with Gasteiger partial charge in [0.1, 0.15) is 5.82 Å². The summed E-state index contributed by atoms with van der Waals surface area (Å²) in [6, 6.07) is 5.78. The molecule has 8 heteroatoms. The highest BCUT2D eigenvalue weighted by Gasteiger charge is 2.25. The molecular formula is C23H25N7O. The molecule has 0 atom stereocenters. The monoisotopic (exact) mass is 415 g/mol. The highest BCUT2D eigenvalue weighted by atomic mass is 16.1. The van der Waals surface area contributed by atoms with E-state index in [1.165, 1.54) is 12.8 Å². The lowest BCUT2D eigenvalue weighted by atomic mass is 10.1. The molecule has 31 heavy (non-hydrogen) atoms. The maximum absolute atomic E-state index is 13.0.